The second kappa shape index (κ2) is 6.11. The normalized spacial score (nSPS) is 16.1. The standard InChI is InChI=1S/C18H20BrN/c1-13(15-6-4-7-17(19)11-15)20-12-16-5-2-3-8-18(16)14-9-10-14/h2-8,11,13-14,20H,9-10,12H2,1H3/t13-/m1/s1. The first kappa shape index (κ1) is 13.8. The lowest BCUT2D eigenvalue weighted by Crippen LogP contribution is -2.18. The van der Waals surface area contributed by atoms with Gasteiger partial charge in [0.25, 0.3) is 0 Å². The molecule has 0 aliphatic heterocycles. The Hall–Kier alpha value is -1.12. The largest absolute Gasteiger partial charge is 0.306 e. The van der Waals surface area contributed by atoms with Crippen LogP contribution in [0.4, 0.5) is 0 Å². The molecule has 1 nitrogen and oxygen atoms in total. The van der Waals surface area contributed by atoms with Crippen molar-refractivity contribution >= 4 is 15.9 Å². The van der Waals surface area contributed by atoms with Gasteiger partial charge in [-0.1, -0.05) is 52.3 Å². The fraction of sp³-hybridized carbons (Fsp3) is 0.333. The minimum Gasteiger partial charge on any atom is -0.306 e. The van der Waals surface area contributed by atoms with Crippen molar-refractivity contribution in [3.63, 3.8) is 0 Å². The number of halogens is 1. The van der Waals surface area contributed by atoms with E-state index >= 15 is 0 Å². The Labute approximate surface area is 129 Å². The molecule has 3 rings (SSSR count). The molecule has 0 bridgehead atoms. The third-order valence-corrected chi connectivity index (χ3v) is 4.51. The second-order valence-electron chi connectivity index (χ2n) is 5.63. The van der Waals surface area contributed by atoms with Crippen molar-refractivity contribution in [3.8, 4) is 0 Å². The molecule has 2 aromatic rings. The first-order chi connectivity index (χ1) is 9.74. The predicted molar refractivity (Wildman–Crippen MR) is 87.8 cm³/mol. The van der Waals surface area contributed by atoms with Crippen LogP contribution in [0.1, 0.15) is 48.4 Å². The first-order valence-corrected chi connectivity index (χ1v) is 8.10. The molecule has 2 heteroatoms. The van der Waals surface area contributed by atoms with Gasteiger partial charge in [0.05, 0.1) is 0 Å². The molecule has 0 saturated heterocycles. The maximum atomic E-state index is 3.64. The summed E-state index contributed by atoms with van der Waals surface area (Å²) in [6, 6.07) is 17.7. The van der Waals surface area contributed by atoms with Crippen LogP contribution in [0.3, 0.4) is 0 Å². The lowest BCUT2D eigenvalue weighted by Gasteiger charge is -2.16. The van der Waals surface area contributed by atoms with Crippen molar-refractivity contribution < 1.29 is 0 Å². The summed E-state index contributed by atoms with van der Waals surface area (Å²) >= 11 is 3.54. The Bertz CT molecular complexity index is 589. The molecule has 1 saturated carbocycles. The van der Waals surface area contributed by atoms with Gasteiger partial charge < -0.3 is 5.32 Å². The minimum atomic E-state index is 0.361. The molecule has 0 amide bonds. The second-order valence-corrected chi connectivity index (χ2v) is 6.55. The number of rotatable bonds is 5. The van der Waals surface area contributed by atoms with E-state index in [0.29, 0.717) is 6.04 Å². The third kappa shape index (κ3) is 3.31. The van der Waals surface area contributed by atoms with Gasteiger partial charge in [-0.2, -0.15) is 0 Å². The van der Waals surface area contributed by atoms with E-state index in [1.165, 1.54) is 24.0 Å². The quantitative estimate of drug-likeness (QED) is 0.797. The topological polar surface area (TPSA) is 12.0 Å². The van der Waals surface area contributed by atoms with Crippen LogP contribution >= 0.6 is 15.9 Å². The Morgan fingerprint density at radius 3 is 2.70 bits per heavy atom. The van der Waals surface area contributed by atoms with E-state index in [0.717, 1.165) is 16.9 Å². The van der Waals surface area contributed by atoms with Crippen LogP contribution in [0.5, 0.6) is 0 Å². The van der Waals surface area contributed by atoms with Gasteiger partial charge in [-0.25, -0.2) is 0 Å². The Morgan fingerprint density at radius 1 is 1.15 bits per heavy atom. The van der Waals surface area contributed by atoms with Crippen molar-refractivity contribution in [1.82, 2.24) is 5.32 Å². The molecule has 0 spiro atoms. The van der Waals surface area contributed by atoms with Gasteiger partial charge in [0, 0.05) is 17.1 Å². The lowest BCUT2D eigenvalue weighted by atomic mass is 10.0. The summed E-state index contributed by atoms with van der Waals surface area (Å²) in [7, 11) is 0. The summed E-state index contributed by atoms with van der Waals surface area (Å²) in [5.74, 6) is 0.814. The highest BCUT2D eigenvalue weighted by Gasteiger charge is 2.25. The zero-order valence-corrected chi connectivity index (χ0v) is 13.4. The van der Waals surface area contributed by atoms with E-state index in [4.69, 9.17) is 0 Å². The molecule has 20 heavy (non-hydrogen) atoms. The zero-order chi connectivity index (χ0) is 13.9. The van der Waals surface area contributed by atoms with E-state index in [9.17, 15) is 0 Å². The first-order valence-electron chi connectivity index (χ1n) is 7.30. The zero-order valence-electron chi connectivity index (χ0n) is 11.8. The van der Waals surface area contributed by atoms with Crippen molar-refractivity contribution in [2.24, 2.45) is 0 Å². The maximum Gasteiger partial charge on any atom is 0.0295 e. The number of hydrogen-bond acceptors (Lipinski definition) is 1. The van der Waals surface area contributed by atoms with Crippen LogP contribution < -0.4 is 5.32 Å². The van der Waals surface area contributed by atoms with E-state index < -0.39 is 0 Å². The van der Waals surface area contributed by atoms with Gasteiger partial charge in [0.1, 0.15) is 0 Å². The Morgan fingerprint density at radius 2 is 1.95 bits per heavy atom. The average molecular weight is 330 g/mol. The minimum absolute atomic E-state index is 0.361. The fourth-order valence-corrected chi connectivity index (χ4v) is 3.06. The molecule has 0 aromatic heterocycles. The molecular weight excluding hydrogens is 310 g/mol. The summed E-state index contributed by atoms with van der Waals surface area (Å²) in [4.78, 5) is 0. The summed E-state index contributed by atoms with van der Waals surface area (Å²) < 4.78 is 1.14. The van der Waals surface area contributed by atoms with Crippen LogP contribution in [0.2, 0.25) is 0 Å². The van der Waals surface area contributed by atoms with E-state index in [2.05, 4.69) is 76.7 Å². The monoisotopic (exact) mass is 329 g/mol. The summed E-state index contributed by atoms with van der Waals surface area (Å²) in [6.45, 7) is 3.17. The SMILES string of the molecule is C[C@@H](NCc1ccccc1C1CC1)c1cccc(Br)c1. The van der Waals surface area contributed by atoms with Gasteiger partial charge in [-0.05, 0) is 54.5 Å². The highest BCUT2D eigenvalue weighted by atomic mass is 79.9. The molecule has 2 aromatic carbocycles. The van der Waals surface area contributed by atoms with Gasteiger partial charge in [-0.3, -0.25) is 0 Å². The highest BCUT2D eigenvalue weighted by molar-refractivity contribution is 9.10. The lowest BCUT2D eigenvalue weighted by molar-refractivity contribution is 0.572. The van der Waals surface area contributed by atoms with Crippen LogP contribution in [0.25, 0.3) is 0 Å². The van der Waals surface area contributed by atoms with Crippen LogP contribution in [-0.4, -0.2) is 0 Å². The molecule has 1 atom stereocenters. The van der Waals surface area contributed by atoms with E-state index in [1.54, 1.807) is 5.56 Å². The summed E-state index contributed by atoms with van der Waals surface area (Å²) in [6.07, 6.45) is 2.72. The van der Waals surface area contributed by atoms with Gasteiger partial charge in [0.2, 0.25) is 0 Å². The molecule has 1 aliphatic rings. The van der Waals surface area contributed by atoms with E-state index in [-0.39, 0.29) is 0 Å². The van der Waals surface area contributed by atoms with Crippen LogP contribution in [-0.2, 0) is 6.54 Å². The summed E-state index contributed by atoms with van der Waals surface area (Å²) in [5, 5.41) is 3.64. The molecule has 0 unspecified atom stereocenters. The molecule has 104 valence electrons. The molecular formula is C18H20BrN. The number of hydrogen-bond donors (Lipinski definition) is 1. The molecule has 0 radical (unpaired) electrons. The van der Waals surface area contributed by atoms with Gasteiger partial charge in [-0.15, -0.1) is 0 Å². The summed E-state index contributed by atoms with van der Waals surface area (Å²) in [5.41, 5.74) is 4.32. The predicted octanol–water partition coefficient (Wildman–Crippen LogP) is 5.18. The molecule has 1 fully saturated rings. The fourth-order valence-electron chi connectivity index (χ4n) is 2.64. The van der Waals surface area contributed by atoms with Crippen LogP contribution in [0, 0.1) is 0 Å². The number of benzene rings is 2. The Balaban J connectivity index is 1.67. The number of nitrogens with one attached hydrogen (secondary N) is 1. The van der Waals surface area contributed by atoms with Crippen molar-refractivity contribution in [2.45, 2.75) is 38.3 Å². The van der Waals surface area contributed by atoms with E-state index in [1.807, 2.05) is 0 Å². The van der Waals surface area contributed by atoms with Crippen LogP contribution in [0.15, 0.2) is 53.0 Å². The average Bonchev–Trinajstić information content (AvgIpc) is 3.29. The molecule has 0 heterocycles. The Kier molecular flexibility index (Phi) is 4.23. The maximum absolute atomic E-state index is 3.64. The molecule has 1 N–H and O–H groups in total. The van der Waals surface area contributed by atoms with Crippen molar-refractivity contribution in [1.29, 1.82) is 0 Å². The van der Waals surface area contributed by atoms with Crippen molar-refractivity contribution in [3.05, 3.63) is 69.7 Å². The smallest absolute Gasteiger partial charge is 0.0295 e. The highest BCUT2D eigenvalue weighted by Crippen LogP contribution is 2.41. The third-order valence-electron chi connectivity index (χ3n) is 4.02. The van der Waals surface area contributed by atoms with Gasteiger partial charge in [0.15, 0.2) is 0 Å². The molecule has 1 aliphatic carbocycles. The van der Waals surface area contributed by atoms with Crippen molar-refractivity contribution in [2.75, 3.05) is 0 Å². The van der Waals surface area contributed by atoms with Gasteiger partial charge >= 0.3 is 0 Å².